The monoisotopic (exact) mass is 1040 g/mol. The summed E-state index contributed by atoms with van der Waals surface area (Å²) in [6.07, 6.45) is 49.8. The van der Waals surface area contributed by atoms with Gasteiger partial charge < -0.3 is 50.5 Å². The summed E-state index contributed by atoms with van der Waals surface area (Å²) < 4.78 is 11.2. The number of hydrogen-bond acceptors (Lipinski definition) is 10. The second kappa shape index (κ2) is 51.6. The van der Waals surface area contributed by atoms with Crippen molar-refractivity contribution < 1.29 is 50.0 Å². The van der Waals surface area contributed by atoms with Crippen molar-refractivity contribution in [1.29, 1.82) is 0 Å². The summed E-state index contributed by atoms with van der Waals surface area (Å²) in [7, 11) is 0. The van der Waals surface area contributed by atoms with Crippen LogP contribution in [0.1, 0.15) is 309 Å². The number of aliphatic hydroxyl groups excluding tert-OH is 7. The highest BCUT2D eigenvalue weighted by molar-refractivity contribution is 5.80. The lowest BCUT2D eigenvalue weighted by Gasteiger charge is -2.40. The number of nitrogens with one attached hydrogen (secondary N) is 1. The Morgan fingerprint density at radius 3 is 1.15 bits per heavy atom. The lowest BCUT2D eigenvalue weighted by Crippen LogP contribution is -2.60. The Hall–Kier alpha value is -1.15. The topological polar surface area (TPSA) is 189 Å². The van der Waals surface area contributed by atoms with Gasteiger partial charge in [-0.15, -0.1) is 0 Å². The molecule has 434 valence electrons. The van der Waals surface area contributed by atoms with E-state index in [9.17, 15) is 40.5 Å². The van der Waals surface area contributed by atoms with Crippen molar-refractivity contribution in [2.75, 3.05) is 13.2 Å². The van der Waals surface area contributed by atoms with Crippen LogP contribution >= 0.6 is 0 Å². The average molecular weight is 1040 g/mol. The number of ether oxygens (including phenoxy) is 2. The van der Waals surface area contributed by atoms with Gasteiger partial charge in [0.05, 0.1) is 25.4 Å². The quantitative estimate of drug-likeness (QED) is 0.0215. The van der Waals surface area contributed by atoms with Crippen LogP contribution in [-0.2, 0) is 14.3 Å². The molecule has 1 aliphatic heterocycles. The Morgan fingerprint density at radius 1 is 0.466 bits per heavy atom. The molecule has 11 nitrogen and oxygen atoms in total. The molecule has 0 aromatic heterocycles. The molecule has 0 radical (unpaired) electrons. The van der Waals surface area contributed by atoms with Crippen molar-refractivity contribution in [3.05, 3.63) is 12.2 Å². The Labute approximate surface area is 449 Å². The zero-order valence-electron chi connectivity index (χ0n) is 47.6. The maximum absolute atomic E-state index is 13.2. The number of carbonyl (C=O) groups excluding carboxylic acids is 1. The molecule has 0 bridgehead atoms. The maximum Gasteiger partial charge on any atom is 0.249 e. The van der Waals surface area contributed by atoms with E-state index in [0.717, 1.165) is 38.5 Å². The van der Waals surface area contributed by atoms with Gasteiger partial charge in [0.1, 0.15) is 36.6 Å². The molecule has 11 heteroatoms. The summed E-state index contributed by atoms with van der Waals surface area (Å²) in [5.41, 5.74) is 0. The second-order valence-electron chi connectivity index (χ2n) is 22.5. The molecule has 8 N–H and O–H groups in total. The summed E-state index contributed by atoms with van der Waals surface area (Å²) >= 11 is 0. The van der Waals surface area contributed by atoms with Crippen LogP contribution in [-0.4, -0.2) is 110 Å². The Morgan fingerprint density at radius 2 is 0.795 bits per heavy atom. The third-order valence-electron chi connectivity index (χ3n) is 15.6. The minimum Gasteiger partial charge on any atom is -0.394 e. The van der Waals surface area contributed by atoms with Gasteiger partial charge in [-0.1, -0.05) is 283 Å². The molecule has 1 fully saturated rings. The summed E-state index contributed by atoms with van der Waals surface area (Å²) in [4.78, 5) is 13.2. The third-order valence-corrected chi connectivity index (χ3v) is 15.6. The van der Waals surface area contributed by atoms with Gasteiger partial charge in [0, 0.05) is 0 Å². The van der Waals surface area contributed by atoms with Crippen molar-refractivity contribution in [3.8, 4) is 0 Å². The molecule has 0 aromatic carbocycles. The van der Waals surface area contributed by atoms with Gasteiger partial charge in [0.15, 0.2) is 6.29 Å². The molecule has 0 spiro atoms. The minimum absolute atomic E-state index is 0.261. The second-order valence-corrected chi connectivity index (χ2v) is 22.5. The van der Waals surface area contributed by atoms with Crippen LogP contribution in [0.5, 0.6) is 0 Å². The Bertz CT molecular complexity index is 1190. The molecule has 0 saturated carbocycles. The van der Waals surface area contributed by atoms with E-state index in [-0.39, 0.29) is 6.42 Å². The molecule has 1 heterocycles. The zero-order chi connectivity index (χ0) is 53.3. The number of carbonyl (C=O) groups is 1. The fraction of sp³-hybridized carbons (Fsp3) is 0.952. The molecule has 0 aliphatic carbocycles. The first-order valence-electron chi connectivity index (χ1n) is 31.6. The fourth-order valence-corrected chi connectivity index (χ4v) is 10.4. The van der Waals surface area contributed by atoms with Crippen molar-refractivity contribution in [2.45, 2.75) is 364 Å². The highest BCUT2D eigenvalue weighted by Crippen LogP contribution is 2.24. The summed E-state index contributed by atoms with van der Waals surface area (Å²) in [6, 6.07) is -1.17. The third kappa shape index (κ3) is 39.8. The Kier molecular flexibility index (Phi) is 49.4. The predicted molar refractivity (Wildman–Crippen MR) is 303 cm³/mol. The van der Waals surface area contributed by atoms with Crippen LogP contribution in [0.25, 0.3) is 0 Å². The SMILES string of the molecule is CCCCCCCCCCCCCC/C=C\CCCCCCCCCCCC(O)C(=O)NC(COC1OC(CO)C(O)C(O)C1O)C(O)C(O)CCCCCCCCCCCCCCCCCCCCCCC. The lowest BCUT2D eigenvalue weighted by molar-refractivity contribution is -0.303. The van der Waals surface area contributed by atoms with Crippen molar-refractivity contribution in [2.24, 2.45) is 0 Å². The van der Waals surface area contributed by atoms with E-state index in [2.05, 4.69) is 31.3 Å². The number of unbranched alkanes of at least 4 members (excludes halogenated alkanes) is 41. The summed E-state index contributed by atoms with van der Waals surface area (Å²) in [6.45, 7) is 3.50. The number of aliphatic hydroxyl groups is 7. The first-order valence-corrected chi connectivity index (χ1v) is 31.6. The van der Waals surface area contributed by atoms with Crippen LogP contribution < -0.4 is 5.32 Å². The van der Waals surface area contributed by atoms with Crippen LogP contribution in [0.4, 0.5) is 0 Å². The molecule has 9 unspecified atom stereocenters. The molecule has 0 aromatic rings. The molecule has 1 rings (SSSR count). The molecular weight excluding hydrogens is 919 g/mol. The zero-order valence-corrected chi connectivity index (χ0v) is 47.6. The molecule has 73 heavy (non-hydrogen) atoms. The van der Waals surface area contributed by atoms with Crippen molar-refractivity contribution in [1.82, 2.24) is 5.32 Å². The molecule has 1 amide bonds. The lowest BCUT2D eigenvalue weighted by atomic mass is 9.98. The highest BCUT2D eigenvalue weighted by Gasteiger charge is 2.44. The highest BCUT2D eigenvalue weighted by atomic mass is 16.7. The van der Waals surface area contributed by atoms with Crippen LogP contribution in [0.15, 0.2) is 12.2 Å². The summed E-state index contributed by atoms with van der Waals surface area (Å²) in [5, 5.41) is 76.3. The molecule has 1 aliphatic rings. The van der Waals surface area contributed by atoms with Gasteiger partial charge in [-0.3, -0.25) is 4.79 Å². The van der Waals surface area contributed by atoms with Crippen LogP contribution in [0, 0.1) is 0 Å². The first-order chi connectivity index (χ1) is 35.7. The van der Waals surface area contributed by atoms with E-state index in [0.29, 0.717) is 19.3 Å². The van der Waals surface area contributed by atoms with Crippen molar-refractivity contribution in [3.63, 3.8) is 0 Å². The normalized spacial score (nSPS) is 19.9. The van der Waals surface area contributed by atoms with Gasteiger partial charge in [0.25, 0.3) is 0 Å². The minimum atomic E-state index is -1.66. The van der Waals surface area contributed by atoms with E-state index in [1.165, 1.54) is 231 Å². The fourth-order valence-electron chi connectivity index (χ4n) is 10.4. The van der Waals surface area contributed by atoms with Gasteiger partial charge in [0.2, 0.25) is 5.91 Å². The molecule has 1 saturated heterocycles. The van der Waals surface area contributed by atoms with Gasteiger partial charge in [-0.2, -0.15) is 0 Å². The summed E-state index contributed by atoms with van der Waals surface area (Å²) in [5.74, 6) is -0.693. The van der Waals surface area contributed by atoms with Crippen LogP contribution in [0.2, 0.25) is 0 Å². The standard InChI is InChI=1S/C62H121NO10/c1-3-5-7-9-11-13-15-17-19-21-23-25-26-27-28-30-32-34-36-38-40-42-44-46-48-50-55(66)61(71)63-53(52-72-62-60(70)59(69)58(68)56(51-64)73-62)57(67)54(65)49-47-45-43-41-39-37-35-33-31-29-24-22-20-18-16-14-12-10-8-6-4-2/h27-28,53-60,62,64-70H,3-26,29-52H2,1-2H3,(H,63,71)/b28-27-. The Balaban J connectivity index is 2.26. The molecular formula is C62H121NO10. The number of rotatable bonds is 55. The largest absolute Gasteiger partial charge is 0.394 e. The van der Waals surface area contributed by atoms with E-state index in [1.807, 2.05) is 0 Å². The van der Waals surface area contributed by atoms with E-state index < -0.39 is 74.2 Å². The predicted octanol–water partition coefficient (Wildman–Crippen LogP) is 13.9. The average Bonchev–Trinajstić information content (AvgIpc) is 3.39. The number of allylic oxidation sites excluding steroid dienone is 2. The van der Waals surface area contributed by atoms with Gasteiger partial charge in [-0.05, 0) is 38.5 Å². The number of hydrogen-bond donors (Lipinski definition) is 8. The van der Waals surface area contributed by atoms with Crippen LogP contribution in [0.3, 0.4) is 0 Å². The van der Waals surface area contributed by atoms with Gasteiger partial charge >= 0.3 is 0 Å². The first kappa shape index (κ1) is 69.9. The van der Waals surface area contributed by atoms with E-state index in [4.69, 9.17) is 9.47 Å². The van der Waals surface area contributed by atoms with E-state index >= 15 is 0 Å². The smallest absolute Gasteiger partial charge is 0.249 e. The van der Waals surface area contributed by atoms with Crippen molar-refractivity contribution >= 4 is 5.91 Å². The molecule has 9 atom stereocenters. The maximum atomic E-state index is 13.2. The van der Waals surface area contributed by atoms with Gasteiger partial charge in [-0.25, -0.2) is 0 Å². The number of amides is 1. The van der Waals surface area contributed by atoms with E-state index in [1.54, 1.807) is 0 Å².